The Morgan fingerprint density at radius 1 is 1.36 bits per heavy atom. The number of nitrogens with zero attached hydrogens (tertiary/aromatic N) is 2. The normalized spacial score (nSPS) is 11.5. The van der Waals surface area contributed by atoms with Crippen LogP contribution in [0, 0.1) is 13.8 Å². The SMILES string of the molecule is Cc1ccc(Sc2nc3sccn3c2/C=C/C(=O)O)cc1C. The molecule has 2 heterocycles. The quantitative estimate of drug-likeness (QED) is 0.726. The molecule has 6 heteroatoms. The van der Waals surface area contributed by atoms with Crippen LogP contribution < -0.4 is 0 Å². The van der Waals surface area contributed by atoms with Crippen molar-refractivity contribution in [3.63, 3.8) is 0 Å². The molecule has 0 saturated carbocycles. The van der Waals surface area contributed by atoms with Crippen LogP contribution >= 0.6 is 23.1 Å². The van der Waals surface area contributed by atoms with E-state index in [-0.39, 0.29) is 0 Å². The number of aromatic nitrogens is 2. The van der Waals surface area contributed by atoms with Gasteiger partial charge in [0.15, 0.2) is 4.96 Å². The number of carbonyl (C=O) groups is 1. The Morgan fingerprint density at radius 3 is 2.91 bits per heavy atom. The molecular formula is C16H14N2O2S2. The summed E-state index contributed by atoms with van der Waals surface area (Å²) < 4.78 is 1.91. The molecular weight excluding hydrogens is 316 g/mol. The van der Waals surface area contributed by atoms with Crippen LogP contribution in [-0.4, -0.2) is 20.5 Å². The molecule has 0 saturated heterocycles. The number of benzene rings is 1. The number of rotatable bonds is 4. The van der Waals surface area contributed by atoms with Gasteiger partial charge in [0.1, 0.15) is 5.03 Å². The molecule has 0 fully saturated rings. The summed E-state index contributed by atoms with van der Waals surface area (Å²) in [6.07, 6.45) is 4.64. The zero-order valence-electron chi connectivity index (χ0n) is 12.1. The lowest BCUT2D eigenvalue weighted by atomic mass is 10.1. The standard InChI is InChI=1S/C16H14N2O2S2/c1-10-3-4-12(9-11(10)2)22-15-13(5-6-14(19)20)18-7-8-21-16(18)17-15/h3-9H,1-2H3,(H,19,20)/b6-5+. The maximum atomic E-state index is 10.8. The summed E-state index contributed by atoms with van der Waals surface area (Å²) in [5, 5.41) is 11.6. The van der Waals surface area contributed by atoms with Crippen molar-refractivity contribution >= 4 is 40.1 Å². The van der Waals surface area contributed by atoms with Crippen LogP contribution in [0.15, 0.2) is 45.8 Å². The number of aliphatic carboxylic acids is 1. The topological polar surface area (TPSA) is 54.6 Å². The molecule has 0 radical (unpaired) electrons. The Labute approximate surface area is 136 Å². The van der Waals surface area contributed by atoms with Crippen LogP contribution in [0.1, 0.15) is 16.8 Å². The molecule has 0 bridgehead atoms. The summed E-state index contributed by atoms with van der Waals surface area (Å²) in [6, 6.07) is 6.27. The zero-order chi connectivity index (χ0) is 15.7. The second-order valence-electron chi connectivity index (χ2n) is 4.88. The van der Waals surface area contributed by atoms with E-state index in [9.17, 15) is 4.79 Å². The van der Waals surface area contributed by atoms with E-state index in [1.807, 2.05) is 16.0 Å². The molecule has 0 spiro atoms. The molecule has 0 aliphatic rings. The van der Waals surface area contributed by atoms with Gasteiger partial charge in [-0.25, -0.2) is 9.78 Å². The minimum Gasteiger partial charge on any atom is -0.478 e. The number of aryl methyl sites for hydroxylation is 2. The first kappa shape index (κ1) is 14.9. The minimum atomic E-state index is -0.965. The third-order valence-corrected chi connectivity index (χ3v) is 5.08. The van der Waals surface area contributed by atoms with E-state index in [0.29, 0.717) is 0 Å². The number of imidazole rings is 1. The highest BCUT2D eigenvalue weighted by Crippen LogP contribution is 2.33. The van der Waals surface area contributed by atoms with Gasteiger partial charge in [0.25, 0.3) is 0 Å². The summed E-state index contributed by atoms with van der Waals surface area (Å²) >= 11 is 3.08. The summed E-state index contributed by atoms with van der Waals surface area (Å²) in [5.41, 5.74) is 3.27. The van der Waals surface area contributed by atoms with E-state index in [2.05, 4.69) is 37.0 Å². The maximum absolute atomic E-state index is 10.8. The fourth-order valence-corrected chi connectivity index (χ4v) is 3.83. The Balaban J connectivity index is 2.02. The van der Waals surface area contributed by atoms with E-state index >= 15 is 0 Å². The second kappa shape index (κ2) is 5.98. The van der Waals surface area contributed by atoms with Crippen LogP contribution in [0.2, 0.25) is 0 Å². The van der Waals surface area contributed by atoms with Gasteiger partial charge in [-0.15, -0.1) is 11.3 Å². The van der Waals surface area contributed by atoms with Gasteiger partial charge in [-0.3, -0.25) is 4.40 Å². The number of hydrogen-bond acceptors (Lipinski definition) is 4. The first-order chi connectivity index (χ1) is 10.5. The lowest BCUT2D eigenvalue weighted by Crippen LogP contribution is -1.89. The number of thiazole rings is 1. The largest absolute Gasteiger partial charge is 0.478 e. The molecule has 0 unspecified atom stereocenters. The third-order valence-electron chi connectivity index (χ3n) is 3.34. The molecule has 1 aromatic carbocycles. The average molecular weight is 330 g/mol. The number of carboxylic acid groups (broad SMARTS) is 1. The predicted octanol–water partition coefficient (Wildman–Crippen LogP) is 4.26. The lowest BCUT2D eigenvalue weighted by molar-refractivity contribution is -0.131. The average Bonchev–Trinajstić information content (AvgIpc) is 3.02. The first-order valence-electron chi connectivity index (χ1n) is 6.66. The predicted molar refractivity (Wildman–Crippen MR) is 89.8 cm³/mol. The van der Waals surface area contributed by atoms with Crippen molar-refractivity contribution in [2.75, 3.05) is 0 Å². The molecule has 0 amide bonds. The van der Waals surface area contributed by atoms with Gasteiger partial charge in [-0.1, -0.05) is 17.8 Å². The molecule has 1 N–H and O–H groups in total. The van der Waals surface area contributed by atoms with Gasteiger partial charge >= 0.3 is 5.97 Å². The summed E-state index contributed by atoms with van der Waals surface area (Å²) in [7, 11) is 0. The maximum Gasteiger partial charge on any atom is 0.328 e. The minimum absolute atomic E-state index is 0.793. The highest BCUT2D eigenvalue weighted by atomic mass is 32.2. The van der Waals surface area contributed by atoms with Crippen molar-refractivity contribution in [2.45, 2.75) is 23.8 Å². The highest BCUT2D eigenvalue weighted by molar-refractivity contribution is 7.99. The van der Waals surface area contributed by atoms with Crippen LogP contribution in [0.5, 0.6) is 0 Å². The molecule has 0 aliphatic heterocycles. The first-order valence-corrected chi connectivity index (χ1v) is 8.36. The van der Waals surface area contributed by atoms with Crippen molar-refractivity contribution in [1.82, 2.24) is 9.38 Å². The Bertz CT molecular complexity index is 878. The van der Waals surface area contributed by atoms with Crippen molar-refractivity contribution in [1.29, 1.82) is 0 Å². The van der Waals surface area contributed by atoms with E-state index < -0.39 is 5.97 Å². The molecule has 3 aromatic rings. The molecule has 0 atom stereocenters. The van der Waals surface area contributed by atoms with E-state index in [1.54, 1.807) is 17.8 Å². The van der Waals surface area contributed by atoms with Crippen molar-refractivity contribution in [3.8, 4) is 0 Å². The third kappa shape index (κ3) is 2.93. The van der Waals surface area contributed by atoms with Crippen LogP contribution in [-0.2, 0) is 4.79 Å². The van der Waals surface area contributed by atoms with Gasteiger partial charge < -0.3 is 5.11 Å². The van der Waals surface area contributed by atoms with Crippen LogP contribution in [0.25, 0.3) is 11.0 Å². The Hall–Kier alpha value is -2.05. The molecule has 2 aromatic heterocycles. The Morgan fingerprint density at radius 2 is 2.18 bits per heavy atom. The fourth-order valence-electron chi connectivity index (χ4n) is 2.05. The van der Waals surface area contributed by atoms with Gasteiger partial charge in [0, 0.05) is 22.5 Å². The smallest absolute Gasteiger partial charge is 0.328 e. The Kier molecular flexibility index (Phi) is 4.04. The number of carboxylic acids is 1. The van der Waals surface area contributed by atoms with Crippen molar-refractivity contribution in [2.24, 2.45) is 0 Å². The molecule has 22 heavy (non-hydrogen) atoms. The van der Waals surface area contributed by atoms with Crippen LogP contribution in [0.3, 0.4) is 0 Å². The molecule has 0 aliphatic carbocycles. The molecule has 112 valence electrons. The number of hydrogen-bond donors (Lipinski definition) is 1. The van der Waals surface area contributed by atoms with Crippen molar-refractivity contribution < 1.29 is 9.90 Å². The number of fused-ring (bicyclic) bond motifs is 1. The summed E-state index contributed by atoms with van der Waals surface area (Å²) in [6.45, 7) is 4.16. The monoisotopic (exact) mass is 330 g/mol. The van der Waals surface area contributed by atoms with Gasteiger partial charge in [-0.2, -0.15) is 0 Å². The lowest BCUT2D eigenvalue weighted by Gasteiger charge is -2.04. The van der Waals surface area contributed by atoms with E-state index in [4.69, 9.17) is 5.11 Å². The van der Waals surface area contributed by atoms with Crippen LogP contribution in [0.4, 0.5) is 0 Å². The van der Waals surface area contributed by atoms with Gasteiger partial charge in [0.2, 0.25) is 0 Å². The van der Waals surface area contributed by atoms with Gasteiger partial charge in [-0.05, 0) is 43.2 Å². The summed E-state index contributed by atoms with van der Waals surface area (Å²) in [4.78, 5) is 17.4. The molecule has 3 rings (SSSR count). The van der Waals surface area contributed by atoms with E-state index in [0.717, 1.165) is 26.7 Å². The second-order valence-corrected chi connectivity index (χ2v) is 6.81. The highest BCUT2D eigenvalue weighted by Gasteiger charge is 2.13. The van der Waals surface area contributed by atoms with E-state index in [1.165, 1.54) is 22.5 Å². The molecule has 4 nitrogen and oxygen atoms in total. The summed E-state index contributed by atoms with van der Waals surface area (Å²) in [5.74, 6) is -0.965. The zero-order valence-corrected chi connectivity index (χ0v) is 13.7. The van der Waals surface area contributed by atoms with Crippen molar-refractivity contribution in [3.05, 3.63) is 52.7 Å². The fraction of sp³-hybridized carbons (Fsp3) is 0.125. The van der Waals surface area contributed by atoms with Gasteiger partial charge in [0.05, 0.1) is 5.69 Å².